The van der Waals surface area contributed by atoms with Crippen LogP contribution in [0, 0.1) is 0 Å². The van der Waals surface area contributed by atoms with Crippen molar-refractivity contribution in [3.05, 3.63) is 119 Å². The second-order valence-electron chi connectivity index (χ2n) is 9.53. The summed E-state index contributed by atoms with van der Waals surface area (Å²) in [5.41, 5.74) is 4.36. The van der Waals surface area contributed by atoms with Gasteiger partial charge in [-0.2, -0.15) is 0 Å². The minimum Gasteiger partial charge on any atom is -0.493 e. The quantitative estimate of drug-likeness (QED) is 0.176. The number of methoxy groups -OCH3 is 2. The number of benzene rings is 4. The van der Waals surface area contributed by atoms with Gasteiger partial charge in [-0.15, -0.1) is 5.10 Å². The normalized spacial score (nSPS) is 14.0. The lowest BCUT2D eigenvalue weighted by Crippen LogP contribution is -2.15. The summed E-state index contributed by atoms with van der Waals surface area (Å²) in [7, 11) is 3.26. The lowest BCUT2D eigenvalue weighted by Gasteiger charge is -2.29. The molecule has 41 heavy (non-hydrogen) atoms. The third-order valence-corrected chi connectivity index (χ3v) is 7.16. The monoisotopic (exact) mass is 543 g/mol. The Morgan fingerprint density at radius 3 is 2.59 bits per heavy atom. The molecule has 0 saturated heterocycles. The lowest BCUT2D eigenvalue weighted by atomic mass is 9.81. The number of aromatic nitrogens is 4. The molecule has 0 bridgehead atoms. The van der Waals surface area contributed by atoms with E-state index in [9.17, 15) is 0 Å². The predicted molar refractivity (Wildman–Crippen MR) is 154 cm³/mol. The summed E-state index contributed by atoms with van der Waals surface area (Å²) in [4.78, 5) is 15.0. The molecule has 0 aliphatic carbocycles. The molecule has 0 radical (unpaired) electrons. The van der Waals surface area contributed by atoms with Crippen molar-refractivity contribution in [2.45, 2.75) is 12.5 Å². The van der Waals surface area contributed by atoms with Crippen LogP contribution < -0.4 is 14.2 Å². The SMILES string of the molecule is COc1ccc(C2c3c(ccc4ccccc34)Oc3ncn4nc(CO/N=C/c5ccccc5)nc4c32)cc1OC. The molecular formula is C32H25N5O4. The number of fused-ring (bicyclic) bond motifs is 6. The highest BCUT2D eigenvalue weighted by Crippen LogP contribution is 2.51. The van der Waals surface area contributed by atoms with Crippen LogP contribution >= 0.6 is 0 Å². The van der Waals surface area contributed by atoms with Crippen LogP contribution in [0.5, 0.6) is 23.1 Å². The van der Waals surface area contributed by atoms with E-state index in [1.54, 1.807) is 31.3 Å². The van der Waals surface area contributed by atoms with Gasteiger partial charge in [-0.25, -0.2) is 14.5 Å². The summed E-state index contributed by atoms with van der Waals surface area (Å²) in [6, 6.07) is 28.0. The fourth-order valence-electron chi connectivity index (χ4n) is 5.31. The molecule has 0 fully saturated rings. The molecule has 1 aliphatic heterocycles. The molecular weight excluding hydrogens is 518 g/mol. The molecule has 1 unspecified atom stereocenters. The van der Waals surface area contributed by atoms with Gasteiger partial charge in [-0.1, -0.05) is 71.9 Å². The second kappa shape index (κ2) is 10.3. The van der Waals surface area contributed by atoms with Crippen LogP contribution in [0.2, 0.25) is 0 Å². The fraction of sp³-hybridized carbons (Fsp3) is 0.125. The maximum absolute atomic E-state index is 6.40. The minimum atomic E-state index is -0.273. The molecule has 1 atom stereocenters. The van der Waals surface area contributed by atoms with Gasteiger partial charge in [0.2, 0.25) is 5.88 Å². The van der Waals surface area contributed by atoms with Crippen LogP contribution in [-0.4, -0.2) is 40.0 Å². The highest BCUT2D eigenvalue weighted by Gasteiger charge is 2.35. The molecule has 1 aliphatic rings. The molecule has 0 N–H and O–H groups in total. The number of ether oxygens (including phenoxy) is 3. The predicted octanol–water partition coefficient (Wildman–Crippen LogP) is 6.13. The highest BCUT2D eigenvalue weighted by atomic mass is 16.6. The summed E-state index contributed by atoms with van der Waals surface area (Å²) in [5.74, 6) is 2.70. The van der Waals surface area contributed by atoms with Crippen LogP contribution in [0.3, 0.4) is 0 Å². The van der Waals surface area contributed by atoms with Crippen LogP contribution in [0.4, 0.5) is 0 Å². The Kier molecular flexibility index (Phi) is 6.16. The average molecular weight is 544 g/mol. The minimum absolute atomic E-state index is 0.0984. The zero-order chi connectivity index (χ0) is 27.8. The second-order valence-corrected chi connectivity index (χ2v) is 9.53. The van der Waals surface area contributed by atoms with E-state index in [0.29, 0.717) is 28.9 Å². The van der Waals surface area contributed by atoms with Crippen molar-refractivity contribution >= 4 is 22.6 Å². The van der Waals surface area contributed by atoms with Crippen LogP contribution in [0.1, 0.15) is 34.0 Å². The average Bonchev–Trinajstić information content (AvgIpc) is 3.45. The first-order valence-electron chi connectivity index (χ1n) is 13.1. The number of hydrogen-bond donors (Lipinski definition) is 0. The number of oxime groups is 1. The van der Waals surface area contributed by atoms with Crippen molar-refractivity contribution in [2.24, 2.45) is 5.16 Å². The van der Waals surface area contributed by atoms with Crippen LogP contribution in [0.15, 0.2) is 96.4 Å². The Bertz CT molecular complexity index is 1920. The summed E-state index contributed by atoms with van der Waals surface area (Å²) >= 11 is 0. The smallest absolute Gasteiger partial charge is 0.228 e. The van der Waals surface area contributed by atoms with E-state index in [1.165, 1.54) is 0 Å². The van der Waals surface area contributed by atoms with E-state index >= 15 is 0 Å². The Labute approximate surface area is 235 Å². The molecule has 0 spiro atoms. The summed E-state index contributed by atoms with van der Waals surface area (Å²) < 4.78 is 19.3. The molecule has 6 aromatic rings. The first-order chi connectivity index (χ1) is 20.2. The van der Waals surface area contributed by atoms with Crippen molar-refractivity contribution in [2.75, 3.05) is 14.2 Å². The molecule has 0 saturated carbocycles. The van der Waals surface area contributed by atoms with E-state index in [-0.39, 0.29) is 12.5 Å². The maximum Gasteiger partial charge on any atom is 0.228 e. The van der Waals surface area contributed by atoms with Gasteiger partial charge in [-0.05, 0) is 40.1 Å². The molecule has 4 aromatic carbocycles. The number of hydrogen-bond acceptors (Lipinski definition) is 8. The summed E-state index contributed by atoms with van der Waals surface area (Å²) in [5, 5.41) is 10.9. The Morgan fingerprint density at radius 1 is 0.902 bits per heavy atom. The van der Waals surface area contributed by atoms with Crippen molar-refractivity contribution in [3.8, 4) is 23.1 Å². The topological polar surface area (TPSA) is 92.4 Å². The molecule has 7 rings (SSSR count). The lowest BCUT2D eigenvalue weighted by molar-refractivity contribution is 0.126. The van der Waals surface area contributed by atoms with E-state index in [0.717, 1.165) is 38.8 Å². The molecule has 9 heteroatoms. The maximum atomic E-state index is 6.40. The van der Waals surface area contributed by atoms with Gasteiger partial charge in [-0.3, -0.25) is 0 Å². The Balaban J connectivity index is 1.36. The molecule has 9 nitrogen and oxygen atoms in total. The van der Waals surface area contributed by atoms with Gasteiger partial charge in [0.1, 0.15) is 12.1 Å². The van der Waals surface area contributed by atoms with E-state index in [4.69, 9.17) is 24.0 Å². The van der Waals surface area contributed by atoms with Gasteiger partial charge in [0, 0.05) is 11.5 Å². The summed E-state index contributed by atoms with van der Waals surface area (Å²) in [6.07, 6.45) is 3.26. The Morgan fingerprint density at radius 2 is 1.73 bits per heavy atom. The zero-order valence-corrected chi connectivity index (χ0v) is 22.4. The van der Waals surface area contributed by atoms with Crippen molar-refractivity contribution in [3.63, 3.8) is 0 Å². The third-order valence-electron chi connectivity index (χ3n) is 7.16. The highest BCUT2D eigenvalue weighted by molar-refractivity contribution is 5.91. The van der Waals surface area contributed by atoms with Crippen LogP contribution in [0.25, 0.3) is 16.4 Å². The van der Waals surface area contributed by atoms with E-state index in [1.807, 2.05) is 66.7 Å². The van der Waals surface area contributed by atoms with E-state index in [2.05, 4.69) is 33.4 Å². The molecule has 202 valence electrons. The number of rotatable bonds is 7. The molecule has 3 heterocycles. The zero-order valence-electron chi connectivity index (χ0n) is 22.4. The molecule has 0 amide bonds. The summed E-state index contributed by atoms with van der Waals surface area (Å²) in [6.45, 7) is 0.0984. The van der Waals surface area contributed by atoms with Crippen LogP contribution in [-0.2, 0) is 11.4 Å². The Hall–Kier alpha value is -5.44. The van der Waals surface area contributed by atoms with E-state index < -0.39 is 0 Å². The van der Waals surface area contributed by atoms with Crippen molar-refractivity contribution < 1.29 is 19.0 Å². The molecule has 2 aromatic heterocycles. The standard InChI is InChI=1S/C32H25N5O4/c1-38-24-14-13-22(16-26(24)39-2)28-29-23-11-7-6-10-21(23)12-15-25(29)41-32-30(28)31-35-27(36-37(31)19-33-32)18-40-34-17-20-8-4-3-5-9-20/h3-17,19,28H,18H2,1-2H3/b34-17+. The third kappa shape index (κ3) is 4.37. The van der Waals surface area contributed by atoms with Crippen molar-refractivity contribution in [1.29, 1.82) is 0 Å². The number of nitrogens with zero attached hydrogens (tertiary/aromatic N) is 5. The van der Waals surface area contributed by atoms with Gasteiger partial charge in [0.05, 0.1) is 26.0 Å². The van der Waals surface area contributed by atoms with Gasteiger partial charge >= 0.3 is 0 Å². The first-order valence-corrected chi connectivity index (χ1v) is 13.1. The fourth-order valence-corrected chi connectivity index (χ4v) is 5.31. The first kappa shape index (κ1) is 24.6. The van der Waals surface area contributed by atoms with Gasteiger partial charge in [0.15, 0.2) is 29.6 Å². The van der Waals surface area contributed by atoms with Gasteiger partial charge < -0.3 is 19.0 Å². The van der Waals surface area contributed by atoms with Crippen molar-refractivity contribution in [1.82, 2.24) is 19.6 Å². The van der Waals surface area contributed by atoms with Gasteiger partial charge in [0.25, 0.3) is 0 Å². The largest absolute Gasteiger partial charge is 0.493 e.